The number of hydrogen-bond acceptors (Lipinski definition) is 8. The zero-order chi connectivity index (χ0) is 35.5. The molecular weight excluding hydrogens is 669 g/mol. The minimum Gasteiger partial charge on any atom is -0.461 e. The lowest BCUT2D eigenvalue weighted by Gasteiger charge is -2.29. The van der Waals surface area contributed by atoms with Crippen molar-refractivity contribution in [2.75, 3.05) is 0 Å². The highest BCUT2D eigenvalue weighted by Gasteiger charge is 2.31. The molecule has 0 aliphatic carbocycles. The first kappa shape index (κ1) is 35.6. The Kier molecular flexibility index (Phi) is 12.0. The van der Waals surface area contributed by atoms with Gasteiger partial charge in [-0.15, -0.1) is 11.8 Å². The van der Waals surface area contributed by atoms with Gasteiger partial charge in [-0.1, -0.05) is 97.1 Å². The first-order valence-corrected chi connectivity index (χ1v) is 18.3. The Hall–Kier alpha value is -5.23. The van der Waals surface area contributed by atoms with Gasteiger partial charge in [0.15, 0.2) is 0 Å². The molecule has 0 saturated heterocycles. The normalized spacial score (nSPS) is 13.4. The molecule has 0 N–H and O–H groups in total. The van der Waals surface area contributed by atoms with Gasteiger partial charge in [-0.2, -0.15) is 17.9 Å². The number of rotatable bonds is 14. The van der Waals surface area contributed by atoms with E-state index < -0.39 is 5.41 Å². The van der Waals surface area contributed by atoms with Crippen LogP contribution >= 0.6 is 24.4 Å². The number of aromatic nitrogens is 3. The van der Waals surface area contributed by atoms with Crippen LogP contribution in [0.15, 0.2) is 146 Å². The molecule has 3 atom stereocenters. The van der Waals surface area contributed by atoms with Crippen molar-refractivity contribution in [2.45, 2.75) is 42.6 Å². The van der Waals surface area contributed by atoms with Crippen LogP contribution in [0.5, 0.6) is 0 Å². The third-order valence-corrected chi connectivity index (χ3v) is 10.7. The van der Waals surface area contributed by atoms with E-state index in [1.807, 2.05) is 116 Å². The molecule has 254 valence electrons. The zero-order valence-corrected chi connectivity index (χ0v) is 30.0. The Morgan fingerprint density at radius 1 is 0.765 bits per heavy atom. The van der Waals surface area contributed by atoms with Crippen LogP contribution in [0.4, 0.5) is 0 Å². The first-order chi connectivity index (χ1) is 24.9. The molecule has 0 aliphatic heterocycles. The molecule has 6 rings (SSSR count). The highest BCUT2D eigenvalue weighted by Crippen LogP contribution is 2.48. The van der Waals surface area contributed by atoms with E-state index in [-0.39, 0.29) is 28.8 Å². The molecule has 0 saturated carbocycles. The van der Waals surface area contributed by atoms with Crippen LogP contribution in [0.25, 0.3) is 33.9 Å². The van der Waals surface area contributed by atoms with E-state index >= 15 is 0 Å². The van der Waals surface area contributed by atoms with Crippen LogP contribution in [0.1, 0.15) is 52.7 Å². The van der Waals surface area contributed by atoms with Crippen molar-refractivity contribution >= 4 is 30.4 Å². The highest BCUT2D eigenvalue weighted by atomic mass is 32.2. The van der Waals surface area contributed by atoms with Crippen LogP contribution in [0.2, 0.25) is 0 Å². The SMILES string of the molecule is CC(C#N)(CCC(=O)OCc1ccc(-c2cc(-c3ccccn3)nc(-c3ccccn3)c2)cc1)CC(SC(S)c1ccccc1)c1ccccc1. The zero-order valence-electron chi connectivity index (χ0n) is 28.3. The van der Waals surface area contributed by atoms with Gasteiger partial charge in [0.2, 0.25) is 0 Å². The van der Waals surface area contributed by atoms with Gasteiger partial charge in [0.1, 0.15) is 6.61 Å². The summed E-state index contributed by atoms with van der Waals surface area (Å²) in [5, 5.41) is 10.3. The highest BCUT2D eigenvalue weighted by molar-refractivity contribution is 8.09. The summed E-state index contributed by atoms with van der Waals surface area (Å²) >= 11 is 6.62. The van der Waals surface area contributed by atoms with Crippen molar-refractivity contribution in [3.05, 3.63) is 163 Å². The Balaban J connectivity index is 1.09. The predicted octanol–water partition coefficient (Wildman–Crippen LogP) is 10.7. The van der Waals surface area contributed by atoms with Gasteiger partial charge in [0, 0.05) is 24.1 Å². The van der Waals surface area contributed by atoms with Crippen molar-refractivity contribution in [3.63, 3.8) is 0 Å². The molecule has 8 heteroatoms. The second-order valence-corrected chi connectivity index (χ2v) is 14.8. The topological polar surface area (TPSA) is 88.8 Å². The summed E-state index contributed by atoms with van der Waals surface area (Å²) in [4.78, 5) is 26.8. The number of benzene rings is 3. The molecule has 3 aromatic heterocycles. The number of nitriles is 1. The molecule has 3 heterocycles. The Morgan fingerprint density at radius 3 is 1.88 bits per heavy atom. The average Bonchev–Trinajstić information content (AvgIpc) is 3.20. The van der Waals surface area contributed by atoms with E-state index in [4.69, 9.17) is 22.3 Å². The summed E-state index contributed by atoms with van der Waals surface area (Å²) in [5.74, 6) is -0.324. The van der Waals surface area contributed by atoms with E-state index in [2.05, 4.69) is 40.3 Å². The van der Waals surface area contributed by atoms with Crippen molar-refractivity contribution in [1.29, 1.82) is 5.26 Å². The van der Waals surface area contributed by atoms with Crippen molar-refractivity contribution in [2.24, 2.45) is 5.41 Å². The van der Waals surface area contributed by atoms with Crippen LogP contribution in [-0.2, 0) is 16.1 Å². The second kappa shape index (κ2) is 17.1. The molecule has 51 heavy (non-hydrogen) atoms. The molecule has 6 nitrogen and oxygen atoms in total. The number of nitrogens with zero attached hydrogens (tertiary/aromatic N) is 4. The largest absolute Gasteiger partial charge is 0.461 e. The predicted molar refractivity (Wildman–Crippen MR) is 208 cm³/mol. The molecule has 0 radical (unpaired) electrons. The second-order valence-electron chi connectivity index (χ2n) is 12.6. The summed E-state index contributed by atoms with van der Waals surface area (Å²) in [6, 6.07) is 46.4. The molecular formula is C43H38N4O2S2. The molecule has 3 aromatic carbocycles. The summed E-state index contributed by atoms with van der Waals surface area (Å²) in [5.41, 5.74) is 7.44. The van der Waals surface area contributed by atoms with E-state index in [1.54, 1.807) is 24.2 Å². The number of thiol groups is 1. The number of carbonyl (C=O) groups excluding carboxylic acids is 1. The summed E-state index contributed by atoms with van der Waals surface area (Å²) in [7, 11) is 0. The van der Waals surface area contributed by atoms with Gasteiger partial charge in [-0.05, 0) is 84.0 Å². The smallest absolute Gasteiger partial charge is 0.306 e. The molecule has 0 amide bonds. The third kappa shape index (κ3) is 9.72. The number of esters is 1. The molecule has 0 aliphatic rings. The molecule has 0 spiro atoms. The minimum atomic E-state index is -0.731. The third-order valence-electron chi connectivity index (χ3n) is 8.70. The number of ether oxygens (including phenoxy) is 1. The van der Waals surface area contributed by atoms with Crippen molar-refractivity contribution < 1.29 is 9.53 Å². The monoisotopic (exact) mass is 706 g/mol. The Morgan fingerprint density at radius 2 is 1.33 bits per heavy atom. The van der Waals surface area contributed by atoms with E-state index in [0.29, 0.717) is 12.8 Å². The fourth-order valence-corrected chi connectivity index (χ4v) is 7.79. The summed E-state index contributed by atoms with van der Waals surface area (Å²) in [6.45, 7) is 2.08. The van der Waals surface area contributed by atoms with E-state index in [0.717, 1.165) is 50.6 Å². The summed E-state index contributed by atoms with van der Waals surface area (Å²) < 4.78 is 5.63. The maximum atomic E-state index is 13.0. The standard InChI is InChI=1S/C43H38N4O2S2/c1-43(30-44,28-40(33-12-4-2-5-13-33)51-42(50)34-14-6-3-7-15-34)23-22-41(48)49-29-31-18-20-32(21-19-31)35-26-38(36-16-8-10-24-45-36)47-39(27-35)37-17-9-11-25-46-37/h2-21,24-27,40,42,50H,22-23,28-29H2,1H3. The fourth-order valence-electron chi connectivity index (χ4n) is 5.77. The van der Waals surface area contributed by atoms with Gasteiger partial charge < -0.3 is 4.74 Å². The van der Waals surface area contributed by atoms with Crippen LogP contribution < -0.4 is 0 Å². The number of carbonyl (C=O) groups is 1. The number of hydrogen-bond donors (Lipinski definition) is 1. The maximum Gasteiger partial charge on any atom is 0.306 e. The van der Waals surface area contributed by atoms with Crippen LogP contribution in [0, 0.1) is 16.7 Å². The van der Waals surface area contributed by atoms with Gasteiger partial charge in [0.25, 0.3) is 0 Å². The first-order valence-electron chi connectivity index (χ1n) is 16.8. The van der Waals surface area contributed by atoms with E-state index in [9.17, 15) is 10.1 Å². The lowest BCUT2D eigenvalue weighted by atomic mass is 9.81. The molecule has 0 bridgehead atoms. The van der Waals surface area contributed by atoms with E-state index in [1.165, 1.54) is 0 Å². The van der Waals surface area contributed by atoms with Gasteiger partial charge in [0.05, 0.1) is 38.8 Å². The minimum absolute atomic E-state index is 0.0218. The lowest BCUT2D eigenvalue weighted by Crippen LogP contribution is -2.19. The van der Waals surface area contributed by atoms with Crippen LogP contribution in [-0.4, -0.2) is 20.9 Å². The molecule has 6 aromatic rings. The quantitative estimate of drug-likeness (QED) is 0.0685. The fraction of sp³-hybridized carbons (Fsp3) is 0.186. The lowest BCUT2D eigenvalue weighted by molar-refractivity contribution is -0.145. The number of pyridine rings is 3. The van der Waals surface area contributed by atoms with Gasteiger partial charge >= 0.3 is 5.97 Å². The van der Waals surface area contributed by atoms with Gasteiger partial charge in [-0.25, -0.2) is 4.98 Å². The molecule has 3 unspecified atom stereocenters. The van der Waals surface area contributed by atoms with Crippen LogP contribution in [0.3, 0.4) is 0 Å². The Bertz CT molecular complexity index is 2000. The van der Waals surface area contributed by atoms with Crippen molar-refractivity contribution in [3.8, 4) is 40.0 Å². The van der Waals surface area contributed by atoms with Gasteiger partial charge in [-0.3, -0.25) is 14.8 Å². The van der Waals surface area contributed by atoms with Crippen molar-refractivity contribution in [1.82, 2.24) is 15.0 Å². The average molecular weight is 707 g/mol. The number of thioether (sulfide) groups is 1. The Labute approximate surface area is 309 Å². The summed E-state index contributed by atoms with van der Waals surface area (Å²) in [6.07, 6.45) is 4.64. The molecule has 0 fully saturated rings. The maximum absolute atomic E-state index is 13.0.